The van der Waals surface area contributed by atoms with E-state index >= 15 is 17.6 Å². The molecule has 0 atom stereocenters. The fourth-order valence-electron chi connectivity index (χ4n) is 12.3. The van der Waals surface area contributed by atoms with Gasteiger partial charge in [-0.3, -0.25) is 0 Å². The van der Waals surface area contributed by atoms with Gasteiger partial charge in [0.1, 0.15) is 0 Å². The maximum absolute atomic E-state index is 16.2. The summed E-state index contributed by atoms with van der Waals surface area (Å²) in [6.45, 7) is 4.14. The standard InChI is InChI=1S/C50H74F4O/c1-3-5-7-11-17-37-19-25-41(26-20-37)49(31-13-9-14-32-49)43-29-23-39(45(51)47(43)53)35-55-36-40-24-30-44(48(54)46(40)52)50(33-15-10-16-34-50)42-27-21-38(22-28-42)18-12-8-6-4-2/h23-24,29-30,37-38,41-42H,3-22,25-28,31-36H2,1-2H3. The predicted octanol–water partition coefficient (Wildman–Crippen LogP) is 15.9. The van der Waals surface area contributed by atoms with Crippen molar-refractivity contribution in [1.82, 2.24) is 0 Å². The van der Waals surface area contributed by atoms with Crippen LogP contribution in [-0.2, 0) is 28.8 Å². The van der Waals surface area contributed by atoms with E-state index in [4.69, 9.17) is 4.74 Å². The first-order valence-corrected chi connectivity index (χ1v) is 23.4. The summed E-state index contributed by atoms with van der Waals surface area (Å²) in [5, 5.41) is 0. The Kier molecular flexibility index (Phi) is 16.1. The highest BCUT2D eigenvalue weighted by atomic mass is 19.2. The molecule has 4 aliphatic rings. The van der Waals surface area contributed by atoms with Gasteiger partial charge < -0.3 is 4.74 Å². The second-order valence-electron chi connectivity index (χ2n) is 18.9. The minimum absolute atomic E-state index is 0.141. The van der Waals surface area contributed by atoms with Gasteiger partial charge in [-0.25, -0.2) is 17.6 Å². The van der Waals surface area contributed by atoms with Gasteiger partial charge in [0, 0.05) is 22.0 Å². The number of halogens is 4. The lowest BCUT2D eigenvalue weighted by Gasteiger charge is -2.47. The molecule has 4 fully saturated rings. The molecule has 0 radical (unpaired) electrons. The summed E-state index contributed by atoms with van der Waals surface area (Å²) in [4.78, 5) is 0. The van der Waals surface area contributed by atoms with Crippen LogP contribution in [0.1, 0.15) is 216 Å². The molecule has 0 amide bonds. The number of unbranched alkanes of at least 4 members (excludes halogenated alkanes) is 6. The SMILES string of the molecule is CCCCCCC1CCC(C2(c3ccc(COCc4ccc(C5(C6CCC(CCCCCC)CC6)CCCCC5)c(F)c4F)c(F)c3F)CCCCC2)CC1. The summed E-state index contributed by atoms with van der Waals surface area (Å²) >= 11 is 0. The smallest absolute Gasteiger partial charge is 0.164 e. The van der Waals surface area contributed by atoms with Gasteiger partial charge >= 0.3 is 0 Å². The molecule has 55 heavy (non-hydrogen) atoms. The summed E-state index contributed by atoms with van der Waals surface area (Å²) in [5.41, 5.74) is 0.787. The largest absolute Gasteiger partial charge is 0.372 e. The van der Waals surface area contributed by atoms with Crippen molar-refractivity contribution in [3.63, 3.8) is 0 Å². The van der Waals surface area contributed by atoms with Gasteiger partial charge in [0.25, 0.3) is 0 Å². The van der Waals surface area contributed by atoms with Gasteiger partial charge in [-0.05, 0) is 86.2 Å². The lowest BCUT2D eigenvalue weighted by Crippen LogP contribution is -2.40. The van der Waals surface area contributed by atoms with Crippen molar-refractivity contribution in [3.05, 3.63) is 69.8 Å². The van der Waals surface area contributed by atoms with Gasteiger partial charge in [-0.2, -0.15) is 0 Å². The van der Waals surface area contributed by atoms with Crippen molar-refractivity contribution >= 4 is 0 Å². The van der Waals surface area contributed by atoms with E-state index in [1.54, 1.807) is 12.1 Å². The van der Waals surface area contributed by atoms with Crippen LogP contribution in [0.15, 0.2) is 24.3 Å². The van der Waals surface area contributed by atoms with Crippen molar-refractivity contribution in [1.29, 1.82) is 0 Å². The Balaban J connectivity index is 1.09. The molecule has 0 unspecified atom stereocenters. The fourth-order valence-corrected chi connectivity index (χ4v) is 12.3. The highest BCUT2D eigenvalue weighted by Gasteiger charge is 2.46. The van der Waals surface area contributed by atoms with Crippen molar-refractivity contribution in [2.45, 2.75) is 218 Å². The summed E-state index contributed by atoms with van der Waals surface area (Å²) in [6, 6.07) is 7.04. The van der Waals surface area contributed by atoms with Gasteiger partial charge in [-0.1, -0.05) is 167 Å². The second-order valence-corrected chi connectivity index (χ2v) is 18.9. The molecule has 0 heterocycles. The molecule has 0 saturated heterocycles. The summed E-state index contributed by atoms with van der Waals surface area (Å²) in [6.07, 6.45) is 32.5. The van der Waals surface area contributed by atoms with E-state index in [1.807, 2.05) is 12.1 Å². The van der Waals surface area contributed by atoms with Crippen molar-refractivity contribution in [2.75, 3.05) is 0 Å². The molecule has 1 nitrogen and oxygen atoms in total. The quantitative estimate of drug-likeness (QED) is 0.108. The molecule has 0 N–H and O–H groups in total. The Labute approximate surface area is 332 Å². The fraction of sp³-hybridized carbons (Fsp3) is 0.760. The normalized spacial score (nSPS) is 25.6. The molecule has 2 aromatic rings. The van der Waals surface area contributed by atoms with Gasteiger partial charge in [0.05, 0.1) is 13.2 Å². The molecule has 5 heteroatoms. The molecule has 4 aliphatic carbocycles. The molecular weight excluding hydrogens is 693 g/mol. The number of rotatable bonds is 18. The Bertz CT molecular complexity index is 1350. The first-order chi connectivity index (χ1) is 26.8. The van der Waals surface area contributed by atoms with Crippen LogP contribution in [-0.4, -0.2) is 0 Å². The number of hydrogen-bond donors (Lipinski definition) is 0. The maximum Gasteiger partial charge on any atom is 0.164 e. The Morgan fingerprint density at radius 1 is 0.473 bits per heavy atom. The first-order valence-electron chi connectivity index (χ1n) is 23.4. The Hall–Kier alpha value is -1.88. The topological polar surface area (TPSA) is 9.23 Å². The number of hydrogen-bond acceptors (Lipinski definition) is 1. The third kappa shape index (κ3) is 10.1. The lowest BCUT2D eigenvalue weighted by molar-refractivity contribution is 0.0995. The van der Waals surface area contributed by atoms with Crippen LogP contribution in [0.4, 0.5) is 17.6 Å². The van der Waals surface area contributed by atoms with Crippen molar-refractivity contribution < 1.29 is 22.3 Å². The zero-order valence-electron chi connectivity index (χ0n) is 34.8. The average molecular weight is 767 g/mol. The first kappa shape index (κ1) is 42.7. The van der Waals surface area contributed by atoms with Gasteiger partial charge in [-0.15, -0.1) is 0 Å². The van der Waals surface area contributed by atoms with Crippen LogP contribution in [0.3, 0.4) is 0 Å². The van der Waals surface area contributed by atoms with Crippen molar-refractivity contribution in [2.24, 2.45) is 23.7 Å². The van der Waals surface area contributed by atoms with Crippen LogP contribution >= 0.6 is 0 Å². The summed E-state index contributed by atoms with van der Waals surface area (Å²) < 4.78 is 70.0. The van der Waals surface area contributed by atoms with Crippen LogP contribution in [0, 0.1) is 46.9 Å². The van der Waals surface area contributed by atoms with E-state index in [0.29, 0.717) is 23.0 Å². The second kappa shape index (κ2) is 20.7. The Morgan fingerprint density at radius 2 is 0.855 bits per heavy atom. The summed E-state index contributed by atoms with van der Waals surface area (Å²) in [7, 11) is 0. The van der Waals surface area contributed by atoms with Gasteiger partial charge in [0.2, 0.25) is 0 Å². The molecule has 6 rings (SSSR count). The van der Waals surface area contributed by atoms with E-state index in [9.17, 15) is 0 Å². The predicted molar refractivity (Wildman–Crippen MR) is 219 cm³/mol. The zero-order chi connectivity index (χ0) is 38.7. The highest BCUT2D eigenvalue weighted by molar-refractivity contribution is 5.35. The van der Waals surface area contributed by atoms with Crippen LogP contribution in [0.25, 0.3) is 0 Å². The highest BCUT2D eigenvalue weighted by Crippen LogP contribution is 2.54. The van der Waals surface area contributed by atoms with E-state index in [1.165, 1.54) is 89.9 Å². The zero-order valence-corrected chi connectivity index (χ0v) is 34.8. The lowest BCUT2D eigenvalue weighted by atomic mass is 9.57. The van der Waals surface area contributed by atoms with Gasteiger partial charge in [0.15, 0.2) is 23.3 Å². The van der Waals surface area contributed by atoms with Crippen LogP contribution < -0.4 is 0 Å². The number of ether oxygens (including phenoxy) is 1. The van der Waals surface area contributed by atoms with E-state index in [2.05, 4.69) is 13.8 Å². The molecule has 0 aromatic heterocycles. The molecule has 0 bridgehead atoms. The molecule has 2 aromatic carbocycles. The van der Waals surface area contributed by atoms with Crippen molar-refractivity contribution in [3.8, 4) is 0 Å². The third-order valence-electron chi connectivity index (χ3n) is 15.6. The van der Waals surface area contributed by atoms with E-state index in [0.717, 1.165) is 102 Å². The third-order valence-corrected chi connectivity index (χ3v) is 15.6. The molecule has 0 spiro atoms. The van der Waals surface area contributed by atoms with Crippen LogP contribution in [0.5, 0.6) is 0 Å². The van der Waals surface area contributed by atoms with Crippen LogP contribution in [0.2, 0.25) is 0 Å². The average Bonchev–Trinajstić information content (AvgIpc) is 3.22. The molecular formula is C50H74F4O. The van der Waals surface area contributed by atoms with E-state index in [-0.39, 0.29) is 35.2 Å². The molecule has 4 saturated carbocycles. The van der Waals surface area contributed by atoms with E-state index < -0.39 is 23.3 Å². The number of benzene rings is 2. The summed E-state index contributed by atoms with van der Waals surface area (Å²) in [5.74, 6) is -0.823. The monoisotopic (exact) mass is 767 g/mol. The molecule has 308 valence electrons. The minimum atomic E-state index is -0.844. The minimum Gasteiger partial charge on any atom is -0.372 e. The molecule has 0 aliphatic heterocycles. The Morgan fingerprint density at radius 3 is 1.22 bits per heavy atom. The maximum atomic E-state index is 16.2.